The Bertz CT molecular complexity index is 1130. The van der Waals surface area contributed by atoms with Crippen LogP contribution in [0.3, 0.4) is 0 Å². The van der Waals surface area contributed by atoms with Gasteiger partial charge in [0.15, 0.2) is 5.01 Å². The molecule has 3 aromatic rings. The largest absolute Gasteiger partial charge is 0.334 e. The van der Waals surface area contributed by atoms with Crippen molar-refractivity contribution in [2.75, 3.05) is 37.6 Å². The number of carbonyl (C=O) groups excluding carboxylic acids is 2. The third kappa shape index (κ3) is 4.13. The Labute approximate surface area is 195 Å². The maximum atomic E-state index is 12.9. The van der Waals surface area contributed by atoms with Crippen molar-refractivity contribution in [3.63, 3.8) is 0 Å². The van der Waals surface area contributed by atoms with Gasteiger partial charge in [0.2, 0.25) is 5.91 Å². The van der Waals surface area contributed by atoms with Crippen molar-refractivity contribution in [2.24, 2.45) is 0 Å². The van der Waals surface area contributed by atoms with Gasteiger partial charge in [-0.1, -0.05) is 23.7 Å². The molecule has 0 aliphatic carbocycles. The molecule has 2 saturated heterocycles. The highest BCUT2D eigenvalue weighted by molar-refractivity contribution is 7.11. The first-order valence-corrected chi connectivity index (χ1v) is 11.8. The molecule has 1 atom stereocenters. The number of aromatic nitrogens is 2. The summed E-state index contributed by atoms with van der Waals surface area (Å²) in [4.78, 5) is 39.9. The van der Waals surface area contributed by atoms with Crippen LogP contribution in [0.25, 0.3) is 11.3 Å². The highest BCUT2D eigenvalue weighted by atomic mass is 35.5. The predicted octanol–water partition coefficient (Wildman–Crippen LogP) is 3.42. The molecule has 0 saturated carbocycles. The zero-order valence-corrected chi connectivity index (χ0v) is 18.9. The molecule has 2 aliphatic heterocycles. The quantitative estimate of drug-likeness (QED) is 0.588. The number of hydrogen-bond acceptors (Lipinski definition) is 6. The molecule has 164 valence electrons. The van der Waals surface area contributed by atoms with E-state index in [1.165, 1.54) is 11.3 Å². The van der Waals surface area contributed by atoms with Gasteiger partial charge in [-0.25, -0.2) is 4.98 Å². The van der Waals surface area contributed by atoms with E-state index in [0.717, 1.165) is 24.3 Å². The Morgan fingerprint density at radius 1 is 1.06 bits per heavy atom. The summed E-state index contributed by atoms with van der Waals surface area (Å²) >= 11 is 7.68. The number of piperazine rings is 1. The topological polar surface area (TPSA) is 69.6 Å². The Kier molecular flexibility index (Phi) is 5.91. The van der Waals surface area contributed by atoms with Crippen molar-refractivity contribution in [1.82, 2.24) is 19.8 Å². The van der Waals surface area contributed by atoms with Gasteiger partial charge in [-0.05, 0) is 24.3 Å². The molecule has 0 spiro atoms. The number of rotatable bonds is 4. The molecule has 0 radical (unpaired) electrons. The Morgan fingerprint density at radius 2 is 1.91 bits per heavy atom. The molecule has 9 heteroatoms. The van der Waals surface area contributed by atoms with Crippen LogP contribution in [0.5, 0.6) is 0 Å². The standard InChI is InChI=1S/C23H22ClN5O2S/c24-19-5-2-6-25-21(19)16-3-1-4-17(13-16)29-15-18(14-20(29)30)27-8-10-28(11-9-27)23(31)22-26-7-12-32-22/h1-7,12-13,18H,8-11,14-15H2. The van der Waals surface area contributed by atoms with E-state index in [1.54, 1.807) is 18.5 Å². The van der Waals surface area contributed by atoms with Gasteiger partial charge in [0.25, 0.3) is 5.91 Å². The summed E-state index contributed by atoms with van der Waals surface area (Å²) in [5, 5.41) is 2.94. The summed E-state index contributed by atoms with van der Waals surface area (Å²) < 4.78 is 0. The molecule has 2 amide bonds. The third-order valence-corrected chi connectivity index (χ3v) is 7.09. The molecule has 5 rings (SSSR count). The minimum atomic E-state index is -0.00577. The fourth-order valence-electron chi connectivity index (χ4n) is 4.36. The van der Waals surface area contributed by atoms with Gasteiger partial charge in [-0.2, -0.15) is 0 Å². The zero-order chi connectivity index (χ0) is 22.1. The molecule has 1 aromatic carbocycles. The van der Waals surface area contributed by atoms with Crippen molar-refractivity contribution in [2.45, 2.75) is 12.5 Å². The second-order valence-corrected chi connectivity index (χ2v) is 9.21. The average molecular weight is 468 g/mol. The number of thiazole rings is 1. The number of anilines is 1. The summed E-state index contributed by atoms with van der Waals surface area (Å²) in [6.07, 6.45) is 3.85. The van der Waals surface area contributed by atoms with Crippen LogP contribution in [0.1, 0.15) is 16.2 Å². The Hall–Kier alpha value is -2.81. The van der Waals surface area contributed by atoms with E-state index in [2.05, 4.69) is 14.9 Å². The van der Waals surface area contributed by atoms with Crippen LogP contribution < -0.4 is 4.90 Å². The van der Waals surface area contributed by atoms with E-state index >= 15 is 0 Å². The zero-order valence-electron chi connectivity index (χ0n) is 17.4. The molecule has 0 N–H and O–H groups in total. The SMILES string of the molecule is O=C(c1nccs1)N1CCN(C2CC(=O)N(c3cccc(-c4ncccc4Cl)c3)C2)CC1. The normalized spacial score (nSPS) is 19.5. The van der Waals surface area contributed by atoms with Gasteiger partial charge in [0, 0.05) is 74.2 Å². The number of hydrogen-bond donors (Lipinski definition) is 0. The first-order chi connectivity index (χ1) is 15.6. The second kappa shape index (κ2) is 8.97. The molecule has 2 fully saturated rings. The molecule has 7 nitrogen and oxygen atoms in total. The molecule has 2 aromatic heterocycles. The van der Waals surface area contributed by atoms with Crippen LogP contribution in [0.15, 0.2) is 54.2 Å². The van der Waals surface area contributed by atoms with Crippen molar-refractivity contribution in [1.29, 1.82) is 0 Å². The number of amides is 2. The second-order valence-electron chi connectivity index (χ2n) is 7.91. The molecule has 4 heterocycles. The van der Waals surface area contributed by atoms with Crippen LogP contribution in [0, 0.1) is 0 Å². The minimum Gasteiger partial charge on any atom is -0.334 e. The fourth-order valence-corrected chi connectivity index (χ4v) is 5.19. The first kappa shape index (κ1) is 21.1. The molecular formula is C23H22ClN5O2S. The van der Waals surface area contributed by atoms with Gasteiger partial charge in [0.05, 0.1) is 10.7 Å². The van der Waals surface area contributed by atoms with Crippen LogP contribution in [-0.2, 0) is 4.79 Å². The number of carbonyl (C=O) groups is 2. The van der Waals surface area contributed by atoms with E-state index in [1.807, 2.05) is 45.5 Å². The monoisotopic (exact) mass is 467 g/mol. The first-order valence-electron chi connectivity index (χ1n) is 10.5. The summed E-state index contributed by atoms with van der Waals surface area (Å²) in [7, 11) is 0. The van der Waals surface area contributed by atoms with Crippen molar-refractivity contribution in [3.8, 4) is 11.3 Å². The lowest BCUT2D eigenvalue weighted by Crippen LogP contribution is -2.52. The number of halogens is 1. The van der Waals surface area contributed by atoms with Gasteiger partial charge in [0.1, 0.15) is 0 Å². The Morgan fingerprint density at radius 3 is 2.66 bits per heavy atom. The van der Waals surface area contributed by atoms with Crippen LogP contribution >= 0.6 is 22.9 Å². The summed E-state index contributed by atoms with van der Waals surface area (Å²) in [6.45, 7) is 3.45. The van der Waals surface area contributed by atoms with E-state index in [4.69, 9.17) is 11.6 Å². The molecule has 32 heavy (non-hydrogen) atoms. The molecule has 1 unspecified atom stereocenters. The fraction of sp³-hybridized carbons (Fsp3) is 0.304. The highest BCUT2D eigenvalue weighted by Gasteiger charge is 2.36. The summed E-state index contributed by atoms with van der Waals surface area (Å²) in [6, 6.07) is 11.6. The van der Waals surface area contributed by atoms with Gasteiger partial charge in [-0.15, -0.1) is 11.3 Å². The minimum absolute atomic E-state index is 0.00577. The van der Waals surface area contributed by atoms with E-state index in [0.29, 0.717) is 41.8 Å². The van der Waals surface area contributed by atoms with E-state index in [9.17, 15) is 9.59 Å². The van der Waals surface area contributed by atoms with Crippen LogP contribution in [0.4, 0.5) is 5.69 Å². The van der Waals surface area contributed by atoms with E-state index < -0.39 is 0 Å². The number of nitrogens with zero attached hydrogens (tertiary/aromatic N) is 5. The number of benzene rings is 1. The maximum Gasteiger partial charge on any atom is 0.282 e. The molecule has 0 bridgehead atoms. The lowest BCUT2D eigenvalue weighted by molar-refractivity contribution is -0.117. The number of pyridine rings is 1. The van der Waals surface area contributed by atoms with Crippen molar-refractivity contribution < 1.29 is 9.59 Å². The van der Waals surface area contributed by atoms with E-state index in [-0.39, 0.29) is 17.9 Å². The van der Waals surface area contributed by atoms with Crippen molar-refractivity contribution in [3.05, 3.63) is 64.2 Å². The lowest BCUT2D eigenvalue weighted by Gasteiger charge is -2.37. The maximum absolute atomic E-state index is 12.9. The smallest absolute Gasteiger partial charge is 0.282 e. The summed E-state index contributed by atoms with van der Waals surface area (Å²) in [5.41, 5.74) is 2.45. The molecular weight excluding hydrogens is 446 g/mol. The van der Waals surface area contributed by atoms with Crippen molar-refractivity contribution >= 4 is 40.4 Å². The third-order valence-electron chi connectivity index (χ3n) is 6.03. The van der Waals surface area contributed by atoms with Crippen LogP contribution in [-0.4, -0.2) is 70.3 Å². The van der Waals surface area contributed by atoms with Crippen LogP contribution in [0.2, 0.25) is 5.02 Å². The Balaban J connectivity index is 1.25. The molecule has 2 aliphatic rings. The average Bonchev–Trinajstić information content (AvgIpc) is 3.49. The van der Waals surface area contributed by atoms with Gasteiger partial charge < -0.3 is 9.80 Å². The lowest BCUT2D eigenvalue weighted by atomic mass is 10.1. The summed E-state index contributed by atoms with van der Waals surface area (Å²) in [5.74, 6) is 0.106. The van der Waals surface area contributed by atoms with Gasteiger partial charge in [-0.3, -0.25) is 19.5 Å². The van der Waals surface area contributed by atoms with Gasteiger partial charge >= 0.3 is 0 Å². The predicted molar refractivity (Wildman–Crippen MR) is 125 cm³/mol. The highest BCUT2D eigenvalue weighted by Crippen LogP contribution is 2.31.